The van der Waals surface area contributed by atoms with Crippen molar-refractivity contribution in [3.05, 3.63) is 18.2 Å². The summed E-state index contributed by atoms with van der Waals surface area (Å²) in [6, 6.07) is 3.77. The largest absolute Gasteiger partial charge is 0.399 e. The predicted octanol–water partition coefficient (Wildman–Crippen LogP) is -1.09. The van der Waals surface area contributed by atoms with Crippen LogP contribution in [0.5, 0.6) is 0 Å². The molecule has 1 aromatic carbocycles. The van der Waals surface area contributed by atoms with Gasteiger partial charge in [-0.3, -0.25) is 4.55 Å². The van der Waals surface area contributed by atoms with Crippen molar-refractivity contribution in [3.8, 4) is 0 Å². The SMILES string of the molecule is Nc1ccc(S(=O)(=O)O)c(N)c1.[AlH3]. The van der Waals surface area contributed by atoms with Crippen LogP contribution in [-0.2, 0) is 10.1 Å². The van der Waals surface area contributed by atoms with Crippen molar-refractivity contribution in [2.24, 2.45) is 0 Å². The molecule has 0 bridgehead atoms. The summed E-state index contributed by atoms with van der Waals surface area (Å²) in [6.07, 6.45) is 0. The highest BCUT2D eigenvalue weighted by Gasteiger charge is 2.12. The maximum Gasteiger partial charge on any atom is 0.296 e. The second-order valence-corrected chi connectivity index (χ2v) is 3.66. The zero-order chi connectivity index (χ0) is 9.35. The van der Waals surface area contributed by atoms with Crippen molar-refractivity contribution in [2.75, 3.05) is 11.5 Å². The Balaban J connectivity index is 0.00000144. The molecule has 7 heteroatoms. The third kappa shape index (κ3) is 2.90. The number of nitrogen functional groups attached to an aromatic ring is 2. The second-order valence-electron chi connectivity index (χ2n) is 2.27. The van der Waals surface area contributed by atoms with Gasteiger partial charge < -0.3 is 11.5 Å². The highest BCUT2D eigenvalue weighted by atomic mass is 32.2. The first-order valence-electron chi connectivity index (χ1n) is 3.04. The van der Waals surface area contributed by atoms with E-state index in [1.165, 1.54) is 12.1 Å². The van der Waals surface area contributed by atoms with E-state index in [4.69, 9.17) is 16.0 Å². The Morgan fingerprint density at radius 2 is 1.77 bits per heavy atom. The van der Waals surface area contributed by atoms with Crippen LogP contribution in [0.15, 0.2) is 23.1 Å². The van der Waals surface area contributed by atoms with E-state index in [1.807, 2.05) is 0 Å². The first kappa shape index (κ1) is 12.3. The van der Waals surface area contributed by atoms with Crippen molar-refractivity contribution in [3.63, 3.8) is 0 Å². The van der Waals surface area contributed by atoms with E-state index in [9.17, 15) is 8.42 Å². The Labute approximate surface area is 86.6 Å². The summed E-state index contributed by atoms with van der Waals surface area (Å²) >= 11 is 0. The monoisotopic (exact) mass is 218 g/mol. The van der Waals surface area contributed by atoms with Crippen LogP contribution in [0, 0.1) is 0 Å². The summed E-state index contributed by atoms with van der Waals surface area (Å²) < 4.78 is 29.8. The number of anilines is 2. The Morgan fingerprint density at radius 3 is 2.15 bits per heavy atom. The van der Waals surface area contributed by atoms with Crippen molar-refractivity contribution in [2.45, 2.75) is 4.90 Å². The van der Waals surface area contributed by atoms with Gasteiger partial charge >= 0.3 is 0 Å². The van der Waals surface area contributed by atoms with Crippen LogP contribution in [-0.4, -0.2) is 30.3 Å². The minimum absolute atomic E-state index is 0. The molecule has 0 radical (unpaired) electrons. The average molecular weight is 218 g/mol. The summed E-state index contributed by atoms with van der Waals surface area (Å²) in [5.41, 5.74) is 10.9. The lowest BCUT2D eigenvalue weighted by Crippen LogP contribution is -2.03. The van der Waals surface area contributed by atoms with Gasteiger partial charge in [0.25, 0.3) is 10.1 Å². The minimum atomic E-state index is -4.23. The fourth-order valence-corrected chi connectivity index (χ4v) is 1.40. The molecule has 0 atom stereocenters. The second kappa shape index (κ2) is 3.98. The van der Waals surface area contributed by atoms with E-state index in [0.717, 1.165) is 6.07 Å². The molecule has 1 rings (SSSR count). The van der Waals surface area contributed by atoms with E-state index in [0.29, 0.717) is 5.69 Å². The Bertz CT molecular complexity index is 404. The summed E-state index contributed by atoms with van der Waals surface area (Å²) in [7, 11) is -4.23. The maximum absolute atomic E-state index is 10.6. The van der Waals surface area contributed by atoms with Crippen molar-refractivity contribution in [1.82, 2.24) is 0 Å². The molecule has 13 heavy (non-hydrogen) atoms. The fourth-order valence-electron chi connectivity index (χ4n) is 0.802. The molecule has 1 aromatic rings. The van der Waals surface area contributed by atoms with Gasteiger partial charge in [0, 0.05) is 5.69 Å². The topological polar surface area (TPSA) is 106 Å². The zero-order valence-corrected chi connectivity index (χ0v) is 6.88. The molecule has 0 saturated carbocycles. The molecule has 72 valence electrons. The van der Waals surface area contributed by atoms with Gasteiger partial charge in [-0.15, -0.1) is 0 Å². The van der Waals surface area contributed by atoms with Crippen molar-refractivity contribution < 1.29 is 13.0 Å². The van der Waals surface area contributed by atoms with Crippen molar-refractivity contribution in [1.29, 1.82) is 0 Å². The summed E-state index contributed by atoms with van der Waals surface area (Å²) in [5.74, 6) is 0. The fraction of sp³-hybridized carbons (Fsp3) is 0. The van der Waals surface area contributed by atoms with Gasteiger partial charge in [0.1, 0.15) is 4.90 Å². The maximum atomic E-state index is 10.6. The molecule has 5 N–H and O–H groups in total. The Hall–Kier alpha value is -0.738. The van der Waals surface area contributed by atoms with Crippen LogP contribution >= 0.6 is 0 Å². The van der Waals surface area contributed by atoms with Crippen LogP contribution in [0.2, 0.25) is 0 Å². The molecule has 0 amide bonds. The van der Waals surface area contributed by atoms with Gasteiger partial charge in [-0.2, -0.15) is 8.42 Å². The standard InChI is InChI=1S/C6H8N2O3S.Al.3H/c7-4-1-2-6(5(8)3-4)12(9,10)11;;;;/h1-3H,7-8H2,(H,9,10,11);;;;. The zero-order valence-electron chi connectivity index (χ0n) is 6.06. The van der Waals surface area contributed by atoms with Gasteiger partial charge in [0.15, 0.2) is 17.4 Å². The quantitative estimate of drug-likeness (QED) is 0.315. The van der Waals surface area contributed by atoms with E-state index < -0.39 is 10.1 Å². The summed E-state index contributed by atoms with van der Waals surface area (Å²) in [5, 5.41) is 0. The lowest BCUT2D eigenvalue weighted by atomic mass is 10.3. The van der Waals surface area contributed by atoms with Crippen LogP contribution < -0.4 is 11.5 Å². The van der Waals surface area contributed by atoms with Gasteiger partial charge in [0.2, 0.25) is 0 Å². The Kier molecular flexibility index (Phi) is 3.75. The van der Waals surface area contributed by atoms with Crippen LogP contribution in [0.25, 0.3) is 0 Å². The van der Waals surface area contributed by atoms with E-state index in [2.05, 4.69) is 0 Å². The normalized spacial score (nSPS) is 10.5. The first-order chi connectivity index (χ1) is 5.41. The molecule has 0 unspecified atom stereocenters. The summed E-state index contributed by atoms with van der Waals surface area (Å²) in [6.45, 7) is 0. The lowest BCUT2D eigenvalue weighted by molar-refractivity contribution is 0.483. The van der Waals surface area contributed by atoms with E-state index in [-0.39, 0.29) is 27.9 Å². The smallest absolute Gasteiger partial charge is 0.296 e. The van der Waals surface area contributed by atoms with Gasteiger partial charge in [-0.1, -0.05) is 0 Å². The van der Waals surface area contributed by atoms with Gasteiger partial charge in [0.05, 0.1) is 5.69 Å². The van der Waals surface area contributed by atoms with Gasteiger partial charge in [-0.05, 0) is 18.2 Å². The van der Waals surface area contributed by atoms with E-state index in [1.54, 1.807) is 0 Å². The number of nitrogens with two attached hydrogens (primary N) is 2. The minimum Gasteiger partial charge on any atom is -0.399 e. The molecular formula is C6H11AlN2O3S. The number of hydrogen-bond donors (Lipinski definition) is 3. The van der Waals surface area contributed by atoms with Gasteiger partial charge in [-0.25, -0.2) is 0 Å². The van der Waals surface area contributed by atoms with E-state index >= 15 is 0 Å². The molecule has 0 aliphatic carbocycles. The van der Waals surface area contributed by atoms with Crippen molar-refractivity contribution >= 4 is 38.9 Å². The molecule has 0 fully saturated rings. The third-order valence-electron chi connectivity index (χ3n) is 1.31. The van der Waals surface area contributed by atoms with Crippen LogP contribution in [0.3, 0.4) is 0 Å². The molecule has 0 aliphatic rings. The number of rotatable bonds is 1. The van der Waals surface area contributed by atoms with Crippen LogP contribution in [0.1, 0.15) is 0 Å². The number of benzene rings is 1. The predicted molar refractivity (Wildman–Crippen MR) is 55.0 cm³/mol. The summed E-state index contributed by atoms with van der Waals surface area (Å²) in [4.78, 5) is -0.322. The molecule has 0 spiro atoms. The van der Waals surface area contributed by atoms with Crippen LogP contribution in [0.4, 0.5) is 11.4 Å². The average Bonchev–Trinajstić information content (AvgIpc) is 1.83. The molecule has 0 aliphatic heterocycles. The molecule has 0 heterocycles. The molecule has 0 saturated heterocycles. The molecule has 5 nitrogen and oxygen atoms in total. The Morgan fingerprint density at radius 1 is 1.23 bits per heavy atom. The number of hydrogen-bond acceptors (Lipinski definition) is 4. The lowest BCUT2D eigenvalue weighted by Gasteiger charge is -2.01. The molecular weight excluding hydrogens is 207 g/mol. The third-order valence-corrected chi connectivity index (χ3v) is 2.24. The highest BCUT2D eigenvalue weighted by Crippen LogP contribution is 2.19. The highest BCUT2D eigenvalue weighted by molar-refractivity contribution is 7.86. The first-order valence-corrected chi connectivity index (χ1v) is 4.48. The molecule has 0 aromatic heterocycles.